The molecule has 3 nitrogen and oxygen atoms in total. The van der Waals surface area contributed by atoms with Gasteiger partial charge in [-0.3, -0.25) is 0 Å². The largest absolute Gasteiger partial charge is 0.495 e. The van der Waals surface area contributed by atoms with Crippen molar-refractivity contribution in [1.29, 1.82) is 5.26 Å². The Labute approximate surface area is 127 Å². The van der Waals surface area contributed by atoms with Crippen LogP contribution in [0.3, 0.4) is 0 Å². The predicted octanol–water partition coefficient (Wildman–Crippen LogP) is 4.02. The normalized spacial score (nSPS) is 10.0. The number of nitriles is 1. The van der Waals surface area contributed by atoms with E-state index in [0.29, 0.717) is 16.9 Å². The minimum absolute atomic E-state index is 0.151. The fraction of sp³-hybridized carbons (Fsp3) is 0.188. The molecular weight excluding hydrogens is 293 g/mol. The van der Waals surface area contributed by atoms with Crippen molar-refractivity contribution in [3.8, 4) is 17.6 Å². The highest BCUT2D eigenvalue weighted by atomic mass is 35.5. The highest BCUT2D eigenvalue weighted by molar-refractivity contribution is 6.17. The van der Waals surface area contributed by atoms with E-state index in [4.69, 9.17) is 26.3 Å². The van der Waals surface area contributed by atoms with E-state index in [-0.39, 0.29) is 18.2 Å². The van der Waals surface area contributed by atoms with Gasteiger partial charge in [0.2, 0.25) is 0 Å². The van der Waals surface area contributed by atoms with Gasteiger partial charge in [-0.05, 0) is 35.4 Å². The number of ether oxygens (including phenoxy) is 2. The molecular formula is C16H13ClFNO2. The van der Waals surface area contributed by atoms with E-state index in [9.17, 15) is 4.39 Å². The van der Waals surface area contributed by atoms with Crippen molar-refractivity contribution < 1.29 is 13.9 Å². The van der Waals surface area contributed by atoms with E-state index in [1.165, 1.54) is 13.2 Å². The zero-order valence-corrected chi connectivity index (χ0v) is 12.2. The van der Waals surface area contributed by atoms with Gasteiger partial charge in [0.15, 0.2) is 11.6 Å². The third-order valence-electron chi connectivity index (χ3n) is 2.93. The number of halogens is 2. The van der Waals surface area contributed by atoms with Crippen LogP contribution >= 0.6 is 11.6 Å². The Morgan fingerprint density at radius 3 is 2.48 bits per heavy atom. The molecule has 0 aliphatic heterocycles. The second kappa shape index (κ2) is 6.96. The summed E-state index contributed by atoms with van der Waals surface area (Å²) < 4.78 is 24.2. The van der Waals surface area contributed by atoms with Gasteiger partial charge in [0.05, 0.1) is 12.7 Å². The molecule has 0 aliphatic carbocycles. The molecule has 0 aliphatic rings. The quantitative estimate of drug-likeness (QED) is 0.783. The molecule has 0 saturated heterocycles. The summed E-state index contributed by atoms with van der Waals surface area (Å²) in [6.07, 6.45) is 0. The SMILES string of the molecule is COc1ccc(COc2ccc(CCl)cc2F)cc1C#N. The summed E-state index contributed by atoms with van der Waals surface area (Å²) in [4.78, 5) is 0. The number of alkyl halides is 1. The van der Waals surface area contributed by atoms with Gasteiger partial charge < -0.3 is 9.47 Å². The van der Waals surface area contributed by atoms with Crippen molar-refractivity contribution in [3.05, 3.63) is 58.9 Å². The molecule has 0 aromatic heterocycles. The van der Waals surface area contributed by atoms with Gasteiger partial charge in [0.25, 0.3) is 0 Å². The Morgan fingerprint density at radius 1 is 1.14 bits per heavy atom. The van der Waals surface area contributed by atoms with Crippen molar-refractivity contribution in [2.75, 3.05) is 7.11 Å². The van der Waals surface area contributed by atoms with Gasteiger partial charge in [-0.15, -0.1) is 11.6 Å². The first-order valence-corrected chi connectivity index (χ1v) is 6.75. The molecule has 0 fully saturated rings. The van der Waals surface area contributed by atoms with Crippen LogP contribution < -0.4 is 9.47 Å². The van der Waals surface area contributed by atoms with Crippen LogP contribution in [0.25, 0.3) is 0 Å². The molecule has 2 aromatic carbocycles. The minimum atomic E-state index is -0.456. The summed E-state index contributed by atoms with van der Waals surface area (Å²) in [5.41, 5.74) is 1.86. The van der Waals surface area contributed by atoms with E-state index < -0.39 is 5.82 Å². The first-order chi connectivity index (χ1) is 10.2. The molecule has 108 valence electrons. The van der Waals surface area contributed by atoms with Crippen molar-refractivity contribution in [2.24, 2.45) is 0 Å². The molecule has 5 heteroatoms. The smallest absolute Gasteiger partial charge is 0.165 e. The maximum Gasteiger partial charge on any atom is 0.165 e. The van der Waals surface area contributed by atoms with Gasteiger partial charge >= 0.3 is 0 Å². The van der Waals surface area contributed by atoms with Crippen molar-refractivity contribution in [1.82, 2.24) is 0 Å². The Hall–Kier alpha value is -2.25. The fourth-order valence-electron chi connectivity index (χ4n) is 1.84. The lowest BCUT2D eigenvalue weighted by atomic mass is 10.1. The number of hydrogen-bond acceptors (Lipinski definition) is 3. The molecule has 0 radical (unpaired) electrons. The van der Waals surface area contributed by atoms with E-state index in [0.717, 1.165) is 5.56 Å². The number of hydrogen-bond donors (Lipinski definition) is 0. The van der Waals surface area contributed by atoms with E-state index in [1.54, 1.807) is 30.3 Å². The minimum Gasteiger partial charge on any atom is -0.495 e. The van der Waals surface area contributed by atoms with Crippen molar-refractivity contribution >= 4 is 11.6 Å². The second-order valence-corrected chi connectivity index (χ2v) is 4.60. The van der Waals surface area contributed by atoms with Crippen LogP contribution in [0.5, 0.6) is 11.5 Å². The molecule has 0 amide bonds. The molecule has 0 heterocycles. The van der Waals surface area contributed by atoms with Gasteiger partial charge in [-0.2, -0.15) is 5.26 Å². The zero-order chi connectivity index (χ0) is 15.2. The van der Waals surface area contributed by atoms with Crippen LogP contribution in [-0.4, -0.2) is 7.11 Å². The number of nitrogens with zero attached hydrogens (tertiary/aromatic N) is 1. The maximum atomic E-state index is 13.7. The average molecular weight is 306 g/mol. The summed E-state index contributed by atoms with van der Waals surface area (Å²) in [5.74, 6) is 0.445. The molecule has 21 heavy (non-hydrogen) atoms. The maximum absolute atomic E-state index is 13.7. The van der Waals surface area contributed by atoms with Crippen molar-refractivity contribution in [3.63, 3.8) is 0 Å². The zero-order valence-electron chi connectivity index (χ0n) is 11.4. The molecule has 0 unspecified atom stereocenters. The Kier molecular flexibility index (Phi) is 5.02. The first kappa shape index (κ1) is 15.1. The van der Waals surface area contributed by atoms with Gasteiger partial charge in [-0.25, -0.2) is 4.39 Å². The second-order valence-electron chi connectivity index (χ2n) is 4.33. The lowest BCUT2D eigenvalue weighted by Crippen LogP contribution is -1.99. The number of rotatable bonds is 5. The summed E-state index contributed by atoms with van der Waals surface area (Å²) in [7, 11) is 1.50. The van der Waals surface area contributed by atoms with Gasteiger partial charge in [0, 0.05) is 5.88 Å². The summed E-state index contributed by atoms with van der Waals surface area (Å²) in [6, 6.07) is 11.7. The molecule has 0 bridgehead atoms. The van der Waals surface area contributed by atoms with Crippen LogP contribution in [0.15, 0.2) is 36.4 Å². The standard InChI is InChI=1S/C16H13ClFNO2/c1-20-15-4-3-12(6-13(15)9-19)10-21-16-5-2-11(8-17)7-14(16)18/h2-7H,8,10H2,1H3. The Bertz CT molecular complexity index is 682. The van der Waals surface area contributed by atoms with E-state index >= 15 is 0 Å². The monoisotopic (exact) mass is 305 g/mol. The van der Waals surface area contributed by atoms with Crippen LogP contribution in [0.2, 0.25) is 0 Å². The molecule has 2 aromatic rings. The van der Waals surface area contributed by atoms with E-state index in [2.05, 4.69) is 0 Å². The molecule has 0 saturated carbocycles. The summed E-state index contributed by atoms with van der Waals surface area (Å²) >= 11 is 5.64. The highest BCUT2D eigenvalue weighted by Crippen LogP contribution is 2.22. The number of methoxy groups -OCH3 is 1. The summed E-state index contributed by atoms with van der Waals surface area (Å²) in [6.45, 7) is 0.163. The summed E-state index contributed by atoms with van der Waals surface area (Å²) in [5, 5.41) is 9.02. The number of benzene rings is 2. The topological polar surface area (TPSA) is 42.2 Å². The third kappa shape index (κ3) is 3.65. The third-order valence-corrected chi connectivity index (χ3v) is 3.24. The predicted molar refractivity (Wildman–Crippen MR) is 78.0 cm³/mol. The lowest BCUT2D eigenvalue weighted by Gasteiger charge is -2.09. The fourth-order valence-corrected chi connectivity index (χ4v) is 2.00. The molecule has 0 spiro atoms. The van der Waals surface area contributed by atoms with Crippen LogP contribution in [0.1, 0.15) is 16.7 Å². The Balaban J connectivity index is 2.11. The Morgan fingerprint density at radius 2 is 1.86 bits per heavy atom. The van der Waals surface area contributed by atoms with Crippen LogP contribution in [0.4, 0.5) is 4.39 Å². The van der Waals surface area contributed by atoms with E-state index in [1.807, 2.05) is 6.07 Å². The average Bonchev–Trinajstić information content (AvgIpc) is 2.53. The highest BCUT2D eigenvalue weighted by Gasteiger charge is 2.07. The van der Waals surface area contributed by atoms with Crippen molar-refractivity contribution in [2.45, 2.75) is 12.5 Å². The van der Waals surface area contributed by atoms with Gasteiger partial charge in [0.1, 0.15) is 18.4 Å². The molecule has 2 rings (SSSR count). The lowest BCUT2D eigenvalue weighted by molar-refractivity contribution is 0.290. The van der Waals surface area contributed by atoms with Gasteiger partial charge in [-0.1, -0.05) is 12.1 Å². The molecule has 0 N–H and O–H groups in total. The van der Waals surface area contributed by atoms with Crippen LogP contribution in [-0.2, 0) is 12.5 Å². The van der Waals surface area contributed by atoms with Crippen LogP contribution in [0, 0.1) is 17.1 Å². The first-order valence-electron chi connectivity index (χ1n) is 6.22. The molecule has 0 atom stereocenters.